The van der Waals surface area contributed by atoms with E-state index in [0.29, 0.717) is 16.3 Å². The molecule has 1 amide bonds. The lowest BCUT2D eigenvalue weighted by molar-refractivity contribution is 0.0667. The van der Waals surface area contributed by atoms with Crippen molar-refractivity contribution < 1.29 is 22.0 Å². The summed E-state index contributed by atoms with van der Waals surface area (Å²) in [5.74, 6) is -0.296. The molecular weight excluding hydrogens is 431 g/mol. The molecule has 3 aromatic rings. The largest absolute Gasteiger partial charge is 0.451 e. The fraction of sp³-hybridized carbons (Fsp3) is 0.190. The number of piperazine rings is 1. The molecule has 0 N–H and O–H groups in total. The Balaban J connectivity index is 1.45. The Morgan fingerprint density at radius 3 is 2.40 bits per heavy atom. The maximum absolute atomic E-state index is 13.4. The van der Waals surface area contributed by atoms with Gasteiger partial charge in [0.05, 0.1) is 9.92 Å². The summed E-state index contributed by atoms with van der Waals surface area (Å²) in [5.41, 5.74) is 0.684. The highest BCUT2D eigenvalue weighted by Gasteiger charge is 2.31. The van der Waals surface area contributed by atoms with Crippen LogP contribution in [0, 0.1) is 5.82 Å². The zero-order valence-corrected chi connectivity index (χ0v) is 17.4. The smallest absolute Gasteiger partial charge is 0.289 e. The summed E-state index contributed by atoms with van der Waals surface area (Å²) in [4.78, 5) is 14.2. The molecule has 2 aromatic carbocycles. The Kier molecular flexibility index (Phi) is 5.64. The predicted octanol–water partition coefficient (Wildman–Crippen LogP) is 3.89. The molecule has 1 fully saturated rings. The molecule has 0 radical (unpaired) electrons. The Bertz CT molecular complexity index is 1190. The van der Waals surface area contributed by atoms with E-state index in [-0.39, 0.29) is 42.7 Å². The van der Waals surface area contributed by atoms with E-state index in [1.54, 1.807) is 30.3 Å². The monoisotopic (exact) mass is 448 g/mol. The van der Waals surface area contributed by atoms with Crippen LogP contribution in [0.1, 0.15) is 10.6 Å². The van der Waals surface area contributed by atoms with Crippen LogP contribution in [0.2, 0.25) is 5.02 Å². The van der Waals surface area contributed by atoms with Gasteiger partial charge in [0.25, 0.3) is 5.91 Å². The first kappa shape index (κ1) is 20.6. The van der Waals surface area contributed by atoms with Crippen molar-refractivity contribution in [2.24, 2.45) is 0 Å². The molecule has 1 aliphatic rings. The van der Waals surface area contributed by atoms with E-state index < -0.39 is 15.8 Å². The number of sulfonamides is 1. The van der Waals surface area contributed by atoms with E-state index in [1.807, 2.05) is 6.07 Å². The van der Waals surface area contributed by atoms with Crippen LogP contribution in [0.15, 0.2) is 70.0 Å². The van der Waals surface area contributed by atoms with Crippen molar-refractivity contribution in [1.29, 1.82) is 0 Å². The molecule has 156 valence electrons. The van der Waals surface area contributed by atoms with Crippen molar-refractivity contribution in [1.82, 2.24) is 9.21 Å². The lowest BCUT2D eigenvalue weighted by atomic mass is 10.2. The van der Waals surface area contributed by atoms with Crippen LogP contribution in [-0.2, 0) is 10.0 Å². The highest BCUT2D eigenvalue weighted by molar-refractivity contribution is 7.89. The Labute approximate surface area is 178 Å². The molecule has 0 bridgehead atoms. The van der Waals surface area contributed by atoms with Crippen molar-refractivity contribution >= 4 is 27.5 Å². The molecule has 1 aliphatic heterocycles. The molecule has 30 heavy (non-hydrogen) atoms. The number of hydrogen-bond donors (Lipinski definition) is 0. The summed E-state index contributed by atoms with van der Waals surface area (Å²) in [7, 11) is -3.82. The first-order chi connectivity index (χ1) is 14.4. The van der Waals surface area contributed by atoms with Gasteiger partial charge < -0.3 is 9.32 Å². The molecule has 4 rings (SSSR count). The molecule has 6 nitrogen and oxygen atoms in total. The molecule has 0 aliphatic carbocycles. The number of furan rings is 1. The van der Waals surface area contributed by atoms with Gasteiger partial charge in [0, 0.05) is 31.7 Å². The van der Waals surface area contributed by atoms with Gasteiger partial charge in [-0.05, 0) is 42.5 Å². The second kappa shape index (κ2) is 8.22. The Morgan fingerprint density at radius 2 is 1.70 bits per heavy atom. The number of benzene rings is 2. The number of halogens is 2. The van der Waals surface area contributed by atoms with Gasteiger partial charge >= 0.3 is 0 Å². The fourth-order valence-corrected chi connectivity index (χ4v) is 5.01. The van der Waals surface area contributed by atoms with E-state index in [9.17, 15) is 17.6 Å². The molecule has 2 heterocycles. The minimum absolute atomic E-state index is 0.0994. The highest BCUT2D eigenvalue weighted by Crippen LogP contribution is 2.29. The summed E-state index contributed by atoms with van der Waals surface area (Å²) in [5, 5.41) is 0.516. The second-order valence-electron chi connectivity index (χ2n) is 6.80. The van der Waals surface area contributed by atoms with Crippen LogP contribution in [0.3, 0.4) is 0 Å². The summed E-state index contributed by atoms with van der Waals surface area (Å²) in [6.45, 7) is 0.635. The average molecular weight is 449 g/mol. The van der Waals surface area contributed by atoms with Gasteiger partial charge in [-0.25, -0.2) is 12.8 Å². The van der Waals surface area contributed by atoms with Crippen LogP contribution in [0.4, 0.5) is 4.39 Å². The van der Waals surface area contributed by atoms with E-state index in [0.717, 1.165) is 6.07 Å². The average Bonchev–Trinajstić information content (AvgIpc) is 3.23. The minimum Gasteiger partial charge on any atom is -0.451 e. The van der Waals surface area contributed by atoms with Gasteiger partial charge in [-0.1, -0.05) is 29.8 Å². The zero-order valence-electron chi connectivity index (χ0n) is 15.8. The highest BCUT2D eigenvalue weighted by atomic mass is 35.5. The van der Waals surface area contributed by atoms with Crippen molar-refractivity contribution in [3.8, 4) is 11.3 Å². The SMILES string of the molecule is O=C(c1ccc(-c2ccccc2Cl)o1)N1CCN(S(=O)(=O)c2cccc(F)c2)CC1. The Morgan fingerprint density at radius 1 is 0.967 bits per heavy atom. The van der Waals surface area contributed by atoms with Gasteiger partial charge in [0.2, 0.25) is 10.0 Å². The lowest BCUT2D eigenvalue weighted by Gasteiger charge is -2.33. The topological polar surface area (TPSA) is 70.8 Å². The van der Waals surface area contributed by atoms with Gasteiger partial charge in [-0.2, -0.15) is 4.31 Å². The van der Waals surface area contributed by atoms with E-state index in [1.165, 1.54) is 27.4 Å². The quantitative estimate of drug-likeness (QED) is 0.607. The Hall–Kier alpha value is -2.68. The normalized spacial score (nSPS) is 15.3. The molecule has 1 saturated heterocycles. The van der Waals surface area contributed by atoms with Crippen molar-refractivity contribution in [2.45, 2.75) is 4.90 Å². The molecule has 0 unspecified atom stereocenters. The minimum atomic E-state index is -3.82. The van der Waals surface area contributed by atoms with E-state index in [4.69, 9.17) is 16.0 Å². The molecule has 1 aromatic heterocycles. The maximum Gasteiger partial charge on any atom is 0.289 e. The van der Waals surface area contributed by atoms with Crippen molar-refractivity contribution in [2.75, 3.05) is 26.2 Å². The number of rotatable bonds is 4. The third-order valence-electron chi connectivity index (χ3n) is 4.92. The summed E-state index contributed by atoms with van der Waals surface area (Å²) in [6.07, 6.45) is 0. The molecule has 9 heteroatoms. The first-order valence-electron chi connectivity index (χ1n) is 9.26. The van der Waals surface area contributed by atoms with Crippen LogP contribution >= 0.6 is 11.6 Å². The lowest BCUT2D eigenvalue weighted by Crippen LogP contribution is -2.50. The van der Waals surface area contributed by atoms with Crippen molar-refractivity contribution in [3.05, 3.63) is 77.3 Å². The standard InChI is InChI=1S/C21H18ClFN2O4S/c22-18-7-2-1-6-17(18)19-8-9-20(29-19)21(26)24-10-12-25(13-11-24)30(27,28)16-5-3-4-15(23)14-16/h1-9,14H,10-13H2. The number of carbonyl (C=O) groups excluding carboxylic acids is 1. The summed E-state index contributed by atoms with van der Waals surface area (Å²) < 4.78 is 45.8. The molecular formula is C21H18ClFN2O4S. The summed E-state index contributed by atoms with van der Waals surface area (Å²) in [6, 6.07) is 15.3. The predicted molar refractivity (Wildman–Crippen MR) is 110 cm³/mol. The van der Waals surface area contributed by atoms with Gasteiger partial charge in [0.15, 0.2) is 5.76 Å². The molecule has 0 spiro atoms. The number of hydrogen-bond acceptors (Lipinski definition) is 4. The van der Waals surface area contributed by atoms with Crippen LogP contribution in [0.5, 0.6) is 0 Å². The van der Waals surface area contributed by atoms with Gasteiger partial charge in [0.1, 0.15) is 11.6 Å². The molecule has 0 saturated carbocycles. The van der Waals surface area contributed by atoms with Gasteiger partial charge in [-0.15, -0.1) is 0 Å². The number of carbonyl (C=O) groups is 1. The number of amides is 1. The van der Waals surface area contributed by atoms with E-state index >= 15 is 0 Å². The zero-order chi connectivity index (χ0) is 21.3. The van der Waals surface area contributed by atoms with Crippen LogP contribution in [-0.4, -0.2) is 49.7 Å². The fourth-order valence-electron chi connectivity index (χ4n) is 3.32. The first-order valence-corrected chi connectivity index (χ1v) is 11.1. The third kappa shape index (κ3) is 3.98. The van der Waals surface area contributed by atoms with Crippen LogP contribution in [0.25, 0.3) is 11.3 Å². The summed E-state index contributed by atoms with van der Waals surface area (Å²) >= 11 is 6.17. The molecule has 0 atom stereocenters. The van der Waals surface area contributed by atoms with Gasteiger partial charge in [-0.3, -0.25) is 4.79 Å². The van der Waals surface area contributed by atoms with E-state index in [2.05, 4.69) is 0 Å². The second-order valence-corrected chi connectivity index (χ2v) is 9.14. The number of nitrogens with zero attached hydrogens (tertiary/aromatic N) is 2. The van der Waals surface area contributed by atoms with Crippen LogP contribution < -0.4 is 0 Å². The maximum atomic E-state index is 13.4. The van der Waals surface area contributed by atoms with Crippen molar-refractivity contribution in [3.63, 3.8) is 0 Å². The third-order valence-corrected chi connectivity index (χ3v) is 7.14.